The molecule has 1 aromatic carbocycles. The first-order valence-electron chi connectivity index (χ1n) is 5.26. The maximum Gasteiger partial charge on any atom is 0.163 e. The summed E-state index contributed by atoms with van der Waals surface area (Å²) in [5.41, 5.74) is 0.639. The van der Waals surface area contributed by atoms with Gasteiger partial charge >= 0.3 is 0 Å². The second-order valence-corrected chi connectivity index (χ2v) is 5.42. The molecule has 0 amide bonds. The highest BCUT2D eigenvalue weighted by molar-refractivity contribution is 9.11. The van der Waals surface area contributed by atoms with Gasteiger partial charge in [-0.05, 0) is 32.9 Å². The third kappa shape index (κ3) is 2.09. The fourth-order valence-corrected chi connectivity index (χ4v) is 2.03. The van der Waals surface area contributed by atoms with Gasteiger partial charge in [-0.25, -0.2) is 0 Å². The van der Waals surface area contributed by atoms with Gasteiger partial charge in [-0.1, -0.05) is 15.9 Å². The monoisotopic (exact) mass is 296 g/mol. The molecule has 0 bridgehead atoms. The average Bonchev–Trinajstić information content (AvgIpc) is 2.19. The van der Waals surface area contributed by atoms with Gasteiger partial charge in [0, 0.05) is 16.1 Å². The van der Waals surface area contributed by atoms with Crippen LogP contribution in [0.3, 0.4) is 0 Å². The molecule has 0 saturated carbocycles. The predicted molar refractivity (Wildman–Crippen MR) is 69.7 cm³/mol. The van der Waals surface area contributed by atoms with Crippen molar-refractivity contribution < 1.29 is 14.6 Å². The van der Waals surface area contributed by atoms with Gasteiger partial charge in [-0.3, -0.25) is 4.79 Å². The van der Waals surface area contributed by atoms with Crippen LogP contribution in [0.4, 0.5) is 0 Å². The number of Topliss-reactive ketones (excluding diaryl/α,β-unsaturated/α-hetero) is 1. The van der Waals surface area contributed by atoms with E-state index in [1.54, 1.807) is 6.07 Å². The summed E-state index contributed by atoms with van der Waals surface area (Å²) in [7, 11) is 0. The third-order valence-electron chi connectivity index (χ3n) is 2.73. The summed E-state index contributed by atoms with van der Waals surface area (Å²) in [6.45, 7) is 5.27. The fourth-order valence-electron chi connectivity index (χ4n) is 1.70. The summed E-state index contributed by atoms with van der Waals surface area (Å²) in [6, 6.07) is 3.13. The Hall–Kier alpha value is -1.29. The Labute approximate surface area is 108 Å². The Balaban J connectivity index is 2.60. The van der Waals surface area contributed by atoms with Crippen LogP contribution >= 0.6 is 15.9 Å². The molecule has 0 aliphatic carbocycles. The highest BCUT2D eigenvalue weighted by Crippen LogP contribution is 2.40. The SMILES string of the molecule is CC(=O)c1cc2c(cc1O)OC(C)(C)C(Br)=C2. The summed E-state index contributed by atoms with van der Waals surface area (Å²) in [4.78, 5) is 11.3. The Kier molecular flexibility index (Phi) is 2.78. The van der Waals surface area contributed by atoms with E-state index in [9.17, 15) is 9.90 Å². The summed E-state index contributed by atoms with van der Waals surface area (Å²) < 4.78 is 6.66. The number of ether oxygens (including phenoxy) is 1. The largest absolute Gasteiger partial charge is 0.507 e. The molecule has 1 aliphatic heterocycles. The molecule has 17 heavy (non-hydrogen) atoms. The Bertz CT molecular complexity index is 530. The molecule has 1 aromatic rings. The standard InChI is InChI=1S/C13H13BrO3/c1-7(15)9-4-8-5-12(14)13(2,3)17-11(8)6-10(9)16/h4-6,16H,1-3H3. The van der Waals surface area contributed by atoms with Gasteiger partial charge in [-0.2, -0.15) is 0 Å². The lowest BCUT2D eigenvalue weighted by atomic mass is 9.99. The van der Waals surface area contributed by atoms with Crippen LogP contribution < -0.4 is 4.74 Å². The molecular weight excluding hydrogens is 284 g/mol. The van der Waals surface area contributed by atoms with E-state index < -0.39 is 5.60 Å². The minimum Gasteiger partial charge on any atom is -0.507 e. The number of aromatic hydroxyl groups is 1. The van der Waals surface area contributed by atoms with Crippen molar-refractivity contribution in [1.29, 1.82) is 0 Å². The van der Waals surface area contributed by atoms with Crippen LogP contribution in [0.2, 0.25) is 0 Å². The molecule has 90 valence electrons. The van der Waals surface area contributed by atoms with Gasteiger partial charge < -0.3 is 9.84 Å². The van der Waals surface area contributed by atoms with Gasteiger partial charge in [0.25, 0.3) is 0 Å². The lowest BCUT2D eigenvalue weighted by molar-refractivity contribution is 0.101. The second-order valence-electron chi connectivity index (χ2n) is 4.57. The van der Waals surface area contributed by atoms with E-state index in [-0.39, 0.29) is 11.5 Å². The molecule has 3 nitrogen and oxygen atoms in total. The number of benzene rings is 1. The molecule has 0 unspecified atom stereocenters. The topological polar surface area (TPSA) is 46.5 Å². The van der Waals surface area contributed by atoms with Gasteiger partial charge in [0.1, 0.15) is 17.1 Å². The normalized spacial score (nSPS) is 16.8. The first-order valence-corrected chi connectivity index (χ1v) is 6.05. The van der Waals surface area contributed by atoms with Gasteiger partial charge in [0.05, 0.1) is 5.56 Å². The molecule has 0 saturated heterocycles. The van der Waals surface area contributed by atoms with Crippen molar-refractivity contribution in [1.82, 2.24) is 0 Å². The van der Waals surface area contributed by atoms with Gasteiger partial charge in [0.15, 0.2) is 5.78 Å². The highest BCUT2D eigenvalue weighted by atomic mass is 79.9. The van der Waals surface area contributed by atoms with Crippen LogP contribution in [-0.4, -0.2) is 16.5 Å². The number of ketones is 1. The van der Waals surface area contributed by atoms with Crippen molar-refractivity contribution >= 4 is 27.8 Å². The third-order valence-corrected chi connectivity index (χ3v) is 3.91. The van der Waals surface area contributed by atoms with Crippen molar-refractivity contribution in [3.05, 3.63) is 27.7 Å². The predicted octanol–water partition coefficient (Wildman–Crippen LogP) is 3.50. The lowest BCUT2D eigenvalue weighted by Crippen LogP contribution is -2.30. The quantitative estimate of drug-likeness (QED) is 0.807. The minimum absolute atomic E-state index is 0.0431. The van der Waals surface area contributed by atoms with Crippen molar-refractivity contribution in [2.24, 2.45) is 0 Å². The molecule has 4 heteroatoms. The van der Waals surface area contributed by atoms with E-state index in [1.807, 2.05) is 19.9 Å². The number of phenols is 1. The second kappa shape index (κ2) is 3.88. The molecule has 1 N–H and O–H groups in total. The highest BCUT2D eigenvalue weighted by Gasteiger charge is 2.29. The molecule has 1 aliphatic rings. The zero-order valence-electron chi connectivity index (χ0n) is 9.87. The molecule has 0 spiro atoms. The molecular formula is C13H13BrO3. The van der Waals surface area contributed by atoms with Crippen LogP contribution in [0.5, 0.6) is 11.5 Å². The van der Waals surface area contributed by atoms with Crippen molar-refractivity contribution in [3.63, 3.8) is 0 Å². The van der Waals surface area contributed by atoms with E-state index in [1.165, 1.54) is 13.0 Å². The molecule has 0 radical (unpaired) electrons. The zero-order chi connectivity index (χ0) is 12.8. The molecule has 1 heterocycles. The Morgan fingerprint density at radius 3 is 2.65 bits per heavy atom. The zero-order valence-corrected chi connectivity index (χ0v) is 11.5. The number of carbonyl (C=O) groups is 1. The summed E-state index contributed by atoms with van der Waals surface area (Å²) >= 11 is 3.45. The number of hydrogen-bond acceptors (Lipinski definition) is 3. The number of rotatable bonds is 1. The average molecular weight is 297 g/mol. The Morgan fingerprint density at radius 2 is 2.06 bits per heavy atom. The van der Waals surface area contributed by atoms with Crippen LogP contribution in [0.15, 0.2) is 16.6 Å². The number of fused-ring (bicyclic) bond motifs is 1. The number of hydrogen-bond donors (Lipinski definition) is 1. The van der Waals surface area contributed by atoms with Crippen molar-refractivity contribution in [2.75, 3.05) is 0 Å². The van der Waals surface area contributed by atoms with Crippen molar-refractivity contribution in [3.8, 4) is 11.5 Å². The lowest BCUT2D eigenvalue weighted by Gasteiger charge is -2.31. The summed E-state index contributed by atoms with van der Waals surface area (Å²) in [5, 5.41) is 9.74. The van der Waals surface area contributed by atoms with Gasteiger partial charge in [-0.15, -0.1) is 0 Å². The summed E-state index contributed by atoms with van der Waals surface area (Å²) in [6.07, 6.45) is 1.91. The smallest absolute Gasteiger partial charge is 0.163 e. The van der Waals surface area contributed by atoms with Crippen molar-refractivity contribution in [2.45, 2.75) is 26.4 Å². The van der Waals surface area contributed by atoms with Crippen LogP contribution in [0.25, 0.3) is 6.08 Å². The maximum atomic E-state index is 11.3. The van der Waals surface area contributed by atoms with E-state index in [2.05, 4.69) is 15.9 Å². The fraction of sp³-hybridized carbons (Fsp3) is 0.308. The molecule has 0 aromatic heterocycles. The van der Waals surface area contributed by atoms with Crippen LogP contribution in [0.1, 0.15) is 36.7 Å². The first kappa shape index (κ1) is 12.2. The molecule has 2 rings (SSSR count). The van der Waals surface area contributed by atoms with E-state index in [0.29, 0.717) is 11.3 Å². The first-order chi connectivity index (χ1) is 7.81. The minimum atomic E-state index is -0.461. The van der Waals surface area contributed by atoms with E-state index >= 15 is 0 Å². The van der Waals surface area contributed by atoms with E-state index in [4.69, 9.17) is 4.74 Å². The van der Waals surface area contributed by atoms with Crippen LogP contribution in [-0.2, 0) is 0 Å². The number of phenolic OH excluding ortho intramolecular Hbond substituents is 1. The molecule has 0 fully saturated rings. The maximum absolute atomic E-state index is 11.3. The summed E-state index contributed by atoms with van der Waals surface area (Å²) in [5.74, 6) is 0.374. The number of halogens is 1. The number of carbonyl (C=O) groups excluding carboxylic acids is 1. The van der Waals surface area contributed by atoms with Crippen LogP contribution in [0, 0.1) is 0 Å². The Morgan fingerprint density at radius 1 is 1.41 bits per heavy atom. The van der Waals surface area contributed by atoms with Gasteiger partial charge in [0.2, 0.25) is 0 Å². The van der Waals surface area contributed by atoms with E-state index in [0.717, 1.165) is 10.0 Å². The molecule has 0 atom stereocenters.